The maximum Gasteiger partial charge on any atom is 0.338 e. The van der Waals surface area contributed by atoms with Crippen LogP contribution in [0.4, 0.5) is 11.4 Å². The van der Waals surface area contributed by atoms with Gasteiger partial charge in [-0.15, -0.1) is 0 Å². The summed E-state index contributed by atoms with van der Waals surface area (Å²) in [4.78, 5) is 23.8. The summed E-state index contributed by atoms with van der Waals surface area (Å²) in [5, 5.41) is 20.2. The van der Waals surface area contributed by atoms with Crippen LogP contribution in [-0.4, -0.2) is 28.6 Å². The van der Waals surface area contributed by atoms with Crippen LogP contribution in [0.25, 0.3) is 0 Å². The average molecular weight is 292 g/mol. The lowest BCUT2D eigenvalue weighted by molar-refractivity contribution is -0.384. The first-order valence-corrected chi connectivity index (χ1v) is 7.18. The predicted octanol–water partition coefficient (Wildman–Crippen LogP) is 3.31. The minimum atomic E-state index is -1.12. The third-order valence-electron chi connectivity index (χ3n) is 3.67. The van der Waals surface area contributed by atoms with E-state index in [4.69, 9.17) is 0 Å². The van der Waals surface area contributed by atoms with Gasteiger partial charge in [0, 0.05) is 24.7 Å². The quantitative estimate of drug-likeness (QED) is 0.615. The lowest BCUT2D eigenvalue weighted by atomic mass is 10.1. The Labute approximate surface area is 123 Å². The Balaban J connectivity index is 2.34. The van der Waals surface area contributed by atoms with E-state index in [0.29, 0.717) is 17.6 Å². The number of non-ortho nitro benzene ring substituents is 1. The van der Waals surface area contributed by atoms with Crippen molar-refractivity contribution in [3.05, 3.63) is 33.9 Å². The van der Waals surface area contributed by atoms with E-state index in [1.165, 1.54) is 6.07 Å². The first kappa shape index (κ1) is 15.3. The van der Waals surface area contributed by atoms with Crippen molar-refractivity contribution in [3.63, 3.8) is 0 Å². The summed E-state index contributed by atoms with van der Waals surface area (Å²) in [7, 11) is 0. The Kier molecular flexibility index (Phi) is 4.45. The molecule has 0 heterocycles. The molecule has 6 heteroatoms. The van der Waals surface area contributed by atoms with Crippen molar-refractivity contribution in [2.24, 2.45) is 5.92 Å². The van der Waals surface area contributed by atoms with E-state index in [1.807, 2.05) is 0 Å². The zero-order valence-corrected chi connectivity index (χ0v) is 12.3. The number of carboxylic acid groups (broad SMARTS) is 1. The van der Waals surface area contributed by atoms with Gasteiger partial charge in [-0.2, -0.15) is 0 Å². The third kappa shape index (κ3) is 3.71. The number of carboxylic acids is 1. The zero-order valence-electron chi connectivity index (χ0n) is 12.3. The van der Waals surface area contributed by atoms with Crippen LogP contribution in [-0.2, 0) is 0 Å². The first-order valence-electron chi connectivity index (χ1n) is 7.18. The Morgan fingerprint density at radius 3 is 2.62 bits per heavy atom. The van der Waals surface area contributed by atoms with Crippen molar-refractivity contribution in [2.45, 2.75) is 39.2 Å². The highest BCUT2D eigenvalue weighted by molar-refractivity contribution is 5.95. The molecule has 6 nitrogen and oxygen atoms in total. The monoisotopic (exact) mass is 292 g/mol. The highest BCUT2D eigenvalue weighted by Gasteiger charge is 2.32. The summed E-state index contributed by atoms with van der Waals surface area (Å²) in [6.45, 7) is 5.03. The van der Waals surface area contributed by atoms with Crippen molar-refractivity contribution in [1.29, 1.82) is 0 Å². The van der Waals surface area contributed by atoms with Crippen LogP contribution in [0.2, 0.25) is 0 Å². The lowest BCUT2D eigenvalue weighted by Crippen LogP contribution is -2.29. The fourth-order valence-corrected chi connectivity index (χ4v) is 2.34. The predicted molar refractivity (Wildman–Crippen MR) is 79.9 cm³/mol. The molecule has 0 amide bonds. The van der Waals surface area contributed by atoms with Gasteiger partial charge in [0.2, 0.25) is 0 Å². The van der Waals surface area contributed by atoms with E-state index < -0.39 is 10.9 Å². The van der Waals surface area contributed by atoms with Crippen molar-refractivity contribution in [3.8, 4) is 0 Å². The highest BCUT2D eigenvalue weighted by Crippen LogP contribution is 2.35. The largest absolute Gasteiger partial charge is 0.478 e. The van der Waals surface area contributed by atoms with Gasteiger partial charge in [0.15, 0.2) is 0 Å². The molecule has 0 unspecified atom stereocenters. The van der Waals surface area contributed by atoms with E-state index in [2.05, 4.69) is 18.7 Å². The van der Waals surface area contributed by atoms with Crippen molar-refractivity contribution >= 4 is 17.3 Å². The van der Waals surface area contributed by atoms with Crippen molar-refractivity contribution in [1.82, 2.24) is 0 Å². The van der Waals surface area contributed by atoms with Crippen LogP contribution >= 0.6 is 0 Å². The Morgan fingerprint density at radius 1 is 1.48 bits per heavy atom. The van der Waals surface area contributed by atoms with Crippen molar-refractivity contribution < 1.29 is 14.8 Å². The molecule has 1 aliphatic rings. The number of nitro groups is 1. The molecule has 1 N–H and O–H groups in total. The molecule has 1 aliphatic carbocycles. The maximum atomic E-state index is 11.4. The Bertz CT molecular complexity index is 553. The minimum absolute atomic E-state index is 0.0138. The minimum Gasteiger partial charge on any atom is -0.478 e. The molecule has 0 aliphatic heterocycles. The van der Waals surface area contributed by atoms with E-state index in [0.717, 1.165) is 31.9 Å². The molecule has 2 rings (SSSR count). The Hall–Kier alpha value is -2.11. The van der Waals surface area contributed by atoms with Gasteiger partial charge in [0.1, 0.15) is 0 Å². The van der Waals surface area contributed by atoms with E-state index >= 15 is 0 Å². The number of nitrogens with zero attached hydrogens (tertiary/aromatic N) is 2. The summed E-state index contributed by atoms with van der Waals surface area (Å²) in [6, 6.07) is 4.47. The summed E-state index contributed by atoms with van der Waals surface area (Å²) in [5.41, 5.74) is 0.423. The number of carbonyl (C=O) groups is 1. The first-order chi connectivity index (χ1) is 9.90. The fraction of sp³-hybridized carbons (Fsp3) is 0.533. The van der Waals surface area contributed by atoms with Gasteiger partial charge in [-0.3, -0.25) is 10.1 Å². The molecule has 1 saturated carbocycles. The molecule has 0 atom stereocenters. The molecular formula is C15H20N2O4. The smallest absolute Gasteiger partial charge is 0.338 e. The van der Waals surface area contributed by atoms with Gasteiger partial charge in [-0.25, -0.2) is 4.79 Å². The number of hydrogen-bond acceptors (Lipinski definition) is 4. The second kappa shape index (κ2) is 6.11. The third-order valence-corrected chi connectivity index (χ3v) is 3.67. The van der Waals surface area contributed by atoms with Crippen molar-refractivity contribution in [2.75, 3.05) is 11.4 Å². The summed E-state index contributed by atoms with van der Waals surface area (Å²) < 4.78 is 0. The number of rotatable bonds is 7. The Morgan fingerprint density at radius 2 is 2.14 bits per heavy atom. The van der Waals surface area contributed by atoms with Gasteiger partial charge < -0.3 is 10.0 Å². The standard InChI is InChI=1S/C15H20N2O4/c1-10(2)7-8-16(11-3-4-11)14-6-5-12(17(20)21)9-13(14)15(18)19/h5-6,9-11H,3-4,7-8H2,1-2H3,(H,18,19). The van der Waals surface area contributed by atoms with Gasteiger partial charge in [0.25, 0.3) is 5.69 Å². The molecular weight excluding hydrogens is 272 g/mol. The fourth-order valence-electron chi connectivity index (χ4n) is 2.34. The van der Waals surface area contributed by atoms with Gasteiger partial charge in [-0.1, -0.05) is 13.8 Å². The molecule has 0 spiro atoms. The van der Waals surface area contributed by atoms with Gasteiger partial charge >= 0.3 is 5.97 Å². The molecule has 0 saturated heterocycles. The number of hydrogen-bond donors (Lipinski definition) is 1. The number of aromatic carboxylic acids is 1. The highest BCUT2D eigenvalue weighted by atomic mass is 16.6. The molecule has 1 aromatic carbocycles. The zero-order chi connectivity index (χ0) is 15.6. The molecule has 21 heavy (non-hydrogen) atoms. The van der Waals surface area contributed by atoms with Crippen LogP contribution in [0.5, 0.6) is 0 Å². The second-order valence-corrected chi connectivity index (χ2v) is 5.87. The number of nitro benzene ring substituents is 1. The lowest BCUT2D eigenvalue weighted by Gasteiger charge is -2.27. The summed E-state index contributed by atoms with van der Waals surface area (Å²) in [6.07, 6.45) is 3.06. The van der Waals surface area contributed by atoms with Gasteiger partial charge in [-0.05, 0) is 31.2 Å². The van der Waals surface area contributed by atoms with Crippen LogP contribution in [0, 0.1) is 16.0 Å². The number of benzene rings is 1. The molecule has 114 valence electrons. The molecule has 0 radical (unpaired) electrons. The maximum absolute atomic E-state index is 11.4. The van der Waals surface area contributed by atoms with Crippen LogP contribution in [0.1, 0.15) is 43.5 Å². The average Bonchev–Trinajstić information content (AvgIpc) is 3.23. The normalized spacial score (nSPS) is 14.2. The summed E-state index contributed by atoms with van der Waals surface area (Å²) >= 11 is 0. The van der Waals surface area contributed by atoms with Gasteiger partial charge in [0.05, 0.1) is 16.2 Å². The topological polar surface area (TPSA) is 83.7 Å². The SMILES string of the molecule is CC(C)CCN(c1ccc([N+](=O)[O-])cc1C(=O)O)C1CC1. The molecule has 1 aromatic rings. The van der Waals surface area contributed by atoms with Crippen LogP contribution < -0.4 is 4.90 Å². The molecule has 0 aromatic heterocycles. The van der Waals surface area contributed by atoms with Crippen LogP contribution in [0.15, 0.2) is 18.2 Å². The summed E-state index contributed by atoms with van der Waals surface area (Å²) in [5.74, 6) is -0.596. The molecule has 1 fully saturated rings. The van der Waals surface area contributed by atoms with E-state index in [1.54, 1.807) is 6.07 Å². The second-order valence-electron chi connectivity index (χ2n) is 5.87. The van der Waals surface area contributed by atoms with Crippen LogP contribution in [0.3, 0.4) is 0 Å². The van der Waals surface area contributed by atoms with E-state index in [9.17, 15) is 20.0 Å². The number of anilines is 1. The van der Waals surface area contributed by atoms with E-state index in [-0.39, 0.29) is 11.3 Å². The molecule has 0 bridgehead atoms.